The number of carboxylic acid groups (broad SMARTS) is 1. The molecule has 2 unspecified atom stereocenters. The fourth-order valence-electron chi connectivity index (χ4n) is 2.13. The van der Waals surface area contributed by atoms with Crippen LogP contribution in [0.5, 0.6) is 0 Å². The highest BCUT2D eigenvalue weighted by atomic mass is 19.1. The van der Waals surface area contributed by atoms with Gasteiger partial charge in [-0.2, -0.15) is 0 Å². The van der Waals surface area contributed by atoms with Crippen molar-refractivity contribution < 1.29 is 19.1 Å². The Labute approximate surface area is 124 Å². The van der Waals surface area contributed by atoms with E-state index in [2.05, 4.69) is 5.32 Å². The largest absolute Gasteiger partial charge is 0.481 e. The predicted molar refractivity (Wildman–Crippen MR) is 78.3 cm³/mol. The molecule has 1 aromatic rings. The van der Waals surface area contributed by atoms with Crippen LogP contribution in [0.25, 0.3) is 0 Å². The molecule has 116 valence electrons. The van der Waals surface area contributed by atoms with Gasteiger partial charge in [-0.05, 0) is 36.5 Å². The minimum Gasteiger partial charge on any atom is -0.481 e. The van der Waals surface area contributed by atoms with Crippen molar-refractivity contribution in [1.29, 1.82) is 0 Å². The summed E-state index contributed by atoms with van der Waals surface area (Å²) in [6.45, 7) is 8.44. The molecule has 0 aliphatic carbocycles. The number of halogens is 1. The van der Waals surface area contributed by atoms with Gasteiger partial charge in [0.2, 0.25) is 5.91 Å². The first-order valence-corrected chi connectivity index (χ1v) is 6.83. The molecule has 1 amide bonds. The first kappa shape index (κ1) is 17.1. The minimum absolute atomic E-state index is 0.348. The van der Waals surface area contributed by atoms with Crippen molar-refractivity contribution >= 4 is 11.9 Å². The van der Waals surface area contributed by atoms with Crippen LogP contribution in [0.1, 0.15) is 44.9 Å². The topological polar surface area (TPSA) is 66.4 Å². The van der Waals surface area contributed by atoms with E-state index in [-0.39, 0.29) is 5.82 Å². The highest BCUT2D eigenvalue weighted by molar-refractivity contribution is 5.97. The molecule has 0 bridgehead atoms. The van der Waals surface area contributed by atoms with Crippen molar-refractivity contribution in [2.24, 2.45) is 11.3 Å². The molecule has 21 heavy (non-hydrogen) atoms. The van der Waals surface area contributed by atoms with Crippen molar-refractivity contribution in [3.05, 3.63) is 35.1 Å². The van der Waals surface area contributed by atoms with Gasteiger partial charge in [0.25, 0.3) is 0 Å². The maximum Gasteiger partial charge on any atom is 0.316 e. The minimum atomic E-state index is -1.16. The zero-order valence-electron chi connectivity index (χ0n) is 13.0. The zero-order valence-corrected chi connectivity index (χ0v) is 13.0. The molecule has 0 spiro atoms. The Hall–Kier alpha value is -1.91. The number of hydrogen-bond donors (Lipinski definition) is 2. The molecule has 1 rings (SSSR count). The number of nitrogens with one attached hydrogen (secondary N) is 1. The maximum absolute atomic E-state index is 13.5. The van der Waals surface area contributed by atoms with Gasteiger partial charge in [-0.15, -0.1) is 0 Å². The first-order valence-electron chi connectivity index (χ1n) is 6.83. The van der Waals surface area contributed by atoms with Crippen LogP contribution in [0.4, 0.5) is 4.39 Å². The molecule has 0 aliphatic heterocycles. The van der Waals surface area contributed by atoms with Crippen LogP contribution in [0.2, 0.25) is 0 Å². The summed E-state index contributed by atoms with van der Waals surface area (Å²) in [5.41, 5.74) is 0.425. The highest BCUT2D eigenvalue weighted by Crippen LogP contribution is 2.27. The van der Waals surface area contributed by atoms with Gasteiger partial charge in [-0.1, -0.05) is 32.9 Å². The van der Waals surface area contributed by atoms with Crippen molar-refractivity contribution in [2.45, 2.75) is 40.7 Å². The summed E-state index contributed by atoms with van der Waals surface area (Å²) in [6.07, 6.45) is 0. The lowest BCUT2D eigenvalue weighted by Crippen LogP contribution is -2.43. The van der Waals surface area contributed by atoms with Crippen LogP contribution in [0, 0.1) is 24.1 Å². The lowest BCUT2D eigenvalue weighted by molar-refractivity contribution is -0.151. The van der Waals surface area contributed by atoms with E-state index in [0.717, 1.165) is 0 Å². The van der Waals surface area contributed by atoms with E-state index in [1.54, 1.807) is 46.8 Å². The second-order valence-electron chi connectivity index (χ2n) is 6.38. The molecular formula is C16H22FNO3. The van der Waals surface area contributed by atoms with E-state index in [0.29, 0.717) is 11.1 Å². The van der Waals surface area contributed by atoms with Crippen LogP contribution in [0.3, 0.4) is 0 Å². The monoisotopic (exact) mass is 295 g/mol. The molecule has 0 heterocycles. The number of rotatable bonds is 4. The highest BCUT2D eigenvalue weighted by Gasteiger charge is 2.38. The average Bonchev–Trinajstić information content (AvgIpc) is 2.29. The van der Waals surface area contributed by atoms with Crippen molar-refractivity contribution in [3.63, 3.8) is 0 Å². The summed E-state index contributed by atoms with van der Waals surface area (Å²) < 4.78 is 13.5. The Kier molecular flexibility index (Phi) is 5.10. The fraction of sp³-hybridized carbons (Fsp3) is 0.500. The summed E-state index contributed by atoms with van der Waals surface area (Å²) in [6, 6.07) is 4.24. The van der Waals surface area contributed by atoms with Gasteiger partial charge in [-0.25, -0.2) is 4.39 Å². The normalized spacial score (nSPS) is 14.4. The number of aliphatic carboxylic acids is 1. The molecule has 1 aromatic carbocycles. The maximum atomic E-state index is 13.5. The third kappa shape index (κ3) is 4.28. The number of carbonyl (C=O) groups is 2. The van der Waals surface area contributed by atoms with E-state index in [1.165, 1.54) is 6.07 Å². The van der Waals surface area contributed by atoms with Crippen LogP contribution in [0.15, 0.2) is 18.2 Å². The Balaban J connectivity index is 2.90. The smallest absolute Gasteiger partial charge is 0.316 e. The number of carboxylic acids is 1. The number of aryl methyl sites for hydroxylation is 1. The molecule has 2 N–H and O–H groups in total. The molecule has 0 radical (unpaired) electrons. The van der Waals surface area contributed by atoms with E-state index >= 15 is 0 Å². The van der Waals surface area contributed by atoms with Gasteiger partial charge in [0.1, 0.15) is 11.7 Å². The van der Waals surface area contributed by atoms with Crippen LogP contribution in [-0.4, -0.2) is 17.0 Å². The van der Waals surface area contributed by atoms with Gasteiger partial charge < -0.3 is 10.4 Å². The molecule has 0 aromatic heterocycles. The summed E-state index contributed by atoms with van der Waals surface area (Å²) in [7, 11) is 0. The third-order valence-corrected chi connectivity index (χ3v) is 3.43. The number of benzene rings is 1. The molecule has 0 fully saturated rings. The summed E-state index contributed by atoms with van der Waals surface area (Å²) in [5.74, 6) is -3.24. The van der Waals surface area contributed by atoms with Gasteiger partial charge in [0.05, 0.1) is 6.04 Å². The van der Waals surface area contributed by atoms with Gasteiger partial charge in [-0.3, -0.25) is 9.59 Å². The molecule has 4 nitrogen and oxygen atoms in total. The standard InChI is InChI=1S/C16H22FNO3/c1-9-6-7-11(8-12(9)17)10(2)18-14(19)13(15(20)21)16(3,4)5/h6-8,10,13H,1-5H3,(H,18,19)(H,20,21). The average molecular weight is 295 g/mol. The van der Waals surface area contributed by atoms with Gasteiger partial charge in [0.15, 0.2) is 0 Å². The molecule has 0 saturated carbocycles. The van der Waals surface area contributed by atoms with Crippen molar-refractivity contribution in [1.82, 2.24) is 5.32 Å². The van der Waals surface area contributed by atoms with Crippen LogP contribution >= 0.6 is 0 Å². The van der Waals surface area contributed by atoms with Gasteiger partial charge in [0, 0.05) is 0 Å². The Bertz CT molecular complexity index is 549. The lowest BCUT2D eigenvalue weighted by atomic mass is 9.80. The Morgan fingerprint density at radius 2 is 1.86 bits per heavy atom. The van der Waals surface area contributed by atoms with Crippen molar-refractivity contribution in [2.75, 3.05) is 0 Å². The SMILES string of the molecule is Cc1ccc(C(C)NC(=O)C(C(=O)O)C(C)(C)C)cc1F. The molecule has 0 saturated heterocycles. The second kappa shape index (κ2) is 6.24. The van der Waals surface area contributed by atoms with E-state index in [9.17, 15) is 19.1 Å². The zero-order chi connectivity index (χ0) is 16.4. The second-order valence-corrected chi connectivity index (χ2v) is 6.38. The number of carbonyl (C=O) groups excluding carboxylic acids is 1. The Morgan fingerprint density at radius 1 is 1.29 bits per heavy atom. The molecule has 5 heteroatoms. The number of hydrogen-bond acceptors (Lipinski definition) is 2. The first-order chi connectivity index (χ1) is 9.54. The van der Waals surface area contributed by atoms with Gasteiger partial charge >= 0.3 is 5.97 Å². The van der Waals surface area contributed by atoms with E-state index in [1.807, 2.05) is 0 Å². The quantitative estimate of drug-likeness (QED) is 0.839. The van der Waals surface area contributed by atoms with Crippen LogP contribution < -0.4 is 5.32 Å². The summed E-state index contributed by atoms with van der Waals surface area (Å²) in [4.78, 5) is 23.5. The molecule has 0 aliphatic rings. The molecule has 2 atom stereocenters. The third-order valence-electron chi connectivity index (χ3n) is 3.43. The number of amides is 1. The Morgan fingerprint density at radius 3 is 2.29 bits per heavy atom. The van der Waals surface area contributed by atoms with E-state index < -0.39 is 29.3 Å². The van der Waals surface area contributed by atoms with Crippen LogP contribution in [-0.2, 0) is 9.59 Å². The molecular weight excluding hydrogens is 273 g/mol. The predicted octanol–water partition coefficient (Wildman–Crippen LogP) is 3.06. The lowest BCUT2D eigenvalue weighted by Gasteiger charge is -2.27. The van der Waals surface area contributed by atoms with Crippen molar-refractivity contribution in [3.8, 4) is 0 Å². The summed E-state index contributed by atoms with van der Waals surface area (Å²) >= 11 is 0. The van der Waals surface area contributed by atoms with E-state index in [4.69, 9.17) is 0 Å². The fourth-order valence-corrected chi connectivity index (χ4v) is 2.13. The summed E-state index contributed by atoms with van der Waals surface area (Å²) in [5, 5.41) is 11.9.